The van der Waals surface area contributed by atoms with Gasteiger partial charge in [-0.25, -0.2) is 0 Å². The van der Waals surface area contributed by atoms with Gasteiger partial charge < -0.3 is 0 Å². The van der Waals surface area contributed by atoms with Crippen LogP contribution in [-0.2, 0) is 5.41 Å². The van der Waals surface area contributed by atoms with Gasteiger partial charge in [-0.05, 0) is 120 Å². The molecule has 2 aromatic carbocycles. The maximum atomic E-state index is 6.57. The van der Waals surface area contributed by atoms with E-state index in [1.54, 1.807) is 0 Å². The van der Waals surface area contributed by atoms with Crippen LogP contribution in [0.3, 0.4) is 0 Å². The van der Waals surface area contributed by atoms with Gasteiger partial charge in [0.15, 0.2) is 0 Å². The SMILES string of the molecule is CC1=CC2C(C=C1C(C)(C)C)C1C=C(C(C)(C)C)C(C)=CC1C2C(c1ccc(Cl)cc1)(c1ccc(Cl)cc1)C1CCCC1. The summed E-state index contributed by atoms with van der Waals surface area (Å²) in [5.41, 5.74) is 8.89. The van der Waals surface area contributed by atoms with Crippen molar-refractivity contribution in [3.8, 4) is 0 Å². The Balaban J connectivity index is 1.67. The van der Waals surface area contributed by atoms with Crippen molar-refractivity contribution >= 4 is 23.2 Å². The smallest absolute Gasteiger partial charge is 0.0406 e. The van der Waals surface area contributed by atoms with Crippen LogP contribution >= 0.6 is 23.2 Å². The number of fused-ring (bicyclic) bond motifs is 3. The molecule has 0 nitrogen and oxygen atoms in total. The molecule has 2 aromatic rings. The summed E-state index contributed by atoms with van der Waals surface area (Å²) in [7, 11) is 0. The number of hydrogen-bond acceptors (Lipinski definition) is 0. The van der Waals surface area contributed by atoms with Crippen LogP contribution in [0.25, 0.3) is 0 Å². The van der Waals surface area contributed by atoms with Crippen molar-refractivity contribution in [2.75, 3.05) is 0 Å². The predicted molar refractivity (Wildman–Crippen MR) is 186 cm³/mol. The van der Waals surface area contributed by atoms with E-state index in [0.717, 1.165) is 10.0 Å². The van der Waals surface area contributed by atoms with Gasteiger partial charge in [-0.15, -0.1) is 0 Å². The molecule has 0 heterocycles. The first kappa shape index (κ1) is 31.0. The molecular formula is C41H50Cl2. The lowest BCUT2D eigenvalue weighted by Gasteiger charge is -2.50. The monoisotopic (exact) mass is 612 g/mol. The molecule has 43 heavy (non-hydrogen) atoms. The molecule has 0 aliphatic heterocycles. The number of benzene rings is 2. The largest absolute Gasteiger partial charge is 0.0843 e. The lowest BCUT2D eigenvalue weighted by atomic mass is 9.53. The summed E-state index contributed by atoms with van der Waals surface area (Å²) in [4.78, 5) is 0. The third kappa shape index (κ3) is 5.23. The zero-order chi connectivity index (χ0) is 30.9. The zero-order valence-electron chi connectivity index (χ0n) is 27.5. The summed E-state index contributed by atoms with van der Waals surface area (Å²) in [6.45, 7) is 19.0. The highest BCUT2D eigenvalue weighted by Gasteiger charge is 2.61. The molecule has 0 N–H and O–H groups in total. The Bertz CT molecular complexity index is 1370. The summed E-state index contributed by atoms with van der Waals surface area (Å²) in [6, 6.07) is 17.9. The van der Waals surface area contributed by atoms with Gasteiger partial charge >= 0.3 is 0 Å². The molecule has 0 amide bonds. The summed E-state index contributed by atoms with van der Waals surface area (Å²) in [5, 5.41) is 1.61. The van der Waals surface area contributed by atoms with Gasteiger partial charge in [-0.2, -0.15) is 0 Å². The predicted octanol–water partition coefficient (Wildman–Crippen LogP) is 12.4. The van der Waals surface area contributed by atoms with E-state index in [-0.39, 0.29) is 16.2 Å². The van der Waals surface area contributed by atoms with Crippen molar-refractivity contribution in [3.05, 3.63) is 116 Å². The van der Waals surface area contributed by atoms with E-state index in [1.807, 2.05) is 0 Å². The van der Waals surface area contributed by atoms with Crippen molar-refractivity contribution in [1.82, 2.24) is 0 Å². The third-order valence-corrected chi connectivity index (χ3v) is 11.9. The Morgan fingerprint density at radius 3 is 1.26 bits per heavy atom. The van der Waals surface area contributed by atoms with Gasteiger partial charge in [0.1, 0.15) is 0 Å². The second-order valence-corrected chi connectivity index (χ2v) is 16.9. The average molecular weight is 614 g/mol. The standard InChI is InChI=1S/C41H50Cl2/c1-25-21-34-32(23-36(25)39(3,4)5)33-24-37(40(6,7)8)26(2)22-35(33)38(34)41(27-11-9-10-12-27,28-13-17-30(42)18-14-28)29-15-19-31(43)20-16-29/h13-24,27,32-35,38H,9-12H2,1-8H3. The quantitative estimate of drug-likeness (QED) is 0.322. The van der Waals surface area contributed by atoms with Crippen LogP contribution in [0, 0.1) is 46.3 Å². The Morgan fingerprint density at radius 2 is 0.907 bits per heavy atom. The number of allylic oxidation sites excluding steroid dienone is 8. The lowest BCUT2D eigenvalue weighted by Crippen LogP contribution is -2.47. The van der Waals surface area contributed by atoms with Crippen molar-refractivity contribution in [3.63, 3.8) is 0 Å². The average Bonchev–Trinajstić information content (AvgIpc) is 3.56. The molecule has 6 rings (SSSR count). The van der Waals surface area contributed by atoms with Gasteiger partial charge in [0.05, 0.1) is 0 Å². The molecule has 0 bridgehead atoms. The van der Waals surface area contributed by atoms with Crippen LogP contribution in [0.5, 0.6) is 0 Å². The first-order chi connectivity index (χ1) is 20.2. The minimum absolute atomic E-state index is 0.116. The highest BCUT2D eigenvalue weighted by molar-refractivity contribution is 6.30. The minimum atomic E-state index is -0.151. The fourth-order valence-electron chi connectivity index (χ4n) is 9.95. The molecule has 2 heteroatoms. The summed E-state index contributed by atoms with van der Waals surface area (Å²) in [5.74, 6) is 2.78. The van der Waals surface area contributed by atoms with Crippen molar-refractivity contribution in [2.24, 2.45) is 46.3 Å². The van der Waals surface area contributed by atoms with Crippen molar-refractivity contribution < 1.29 is 0 Å². The molecule has 0 radical (unpaired) electrons. The first-order valence-electron chi connectivity index (χ1n) is 16.6. The van der Waals surface area contributed by atoms with E-state index in [2.05, 4.69) is 128 Å². The van der Waals surface area contributed by atoms with Gasteiger partial charge in [0.25, 0.3) is 0 Å². The Kier molecular flexibility index (Phi) is 8.00. The number of halogens is 2. The first-order valence-corrected chi connectivity index (χ1v) is 17.3. The van der Waals surface area contributed by atoms with Crippen molar-refractivity contribution in [1.29, 1.82) is 0 Å². The maximum Gasteiger partial charge on any atom is 0.0406 e. The Morgan fingerprint density at radius 1 is 0.535 bits per heavy atom. The van der Waals surface area contributed by atoms with E-state index >= 15 is 0 Å². The second-order valence-electron chi connectivity index (χ2n) is 16.1. The highest BCUT2D eigenvalue weighted by Crippen LogP contribution is 2.66. The van der Waals surface area contributed by atoms with Crippen LogP contribution < -0.4 is 0 Å². The third-order valence-electron chi connectivity index (χ3n) is 11.4. The van der Waals surface area contributed by atoms with E-state index in [1.165, 1.54) is 59.1 Å². The normalized spacial score (nSPS) is 28.1. The second kappa shape index (κ2) is 11.1. The minimum Gasteiger partial charge on any atom is -0.0843 e. The molecule has 4 unspecified atom stereocenters. The van der Waals surface area contributed by atoms with Gasteiger partial charge in [-0.1, -0.05) is 137 Å². The summed E-state index contributed by atoms with van der Waals surface area (Å²) < 4.78 is 0. The Hall–Kier alpha value is -2.02. The van der Waals surface area contributed by atoms with Crippen LogP contribution in [0.2, 0.25) is 10.0 Å². The molecular weight excluding hydrogens is 563 g/mol. The molecule has 2 saturated carbocycles. The van der Waals surface area contributed by atoms with E-state index in [9.17, 15) is 0 Å². The number of hydrogen-bond donors (Lipinski definition) is 0. The van der Waals surface area contributed by atoms with Crippen LogP contribution in [0.1, 0.15) is 92.2 Å². The fraction of sp³-hybridized carbons (Fsp3) is 0.512. The molecule has 228 valence electrons. The topological polar surface area (TPSA) is 0 Å². The van der Waals surface area contributed by atoms with Gasteiger partial charge in [0.2, 0.25) is 0 Å². The van der Waals surface area contributed by atoms with Crippen LogP contribution in [0.4, 0.5) is 0 Å². The van der Waals surface area contributed by atoms with Gasteiger partial charge in [-0.3, -0.25) is 0 Å². The van der Waals surface area contributed by atoms with Crippen LogP contribution in [0.15, 0.2) is 95.1 Å². The lowest BCUT2D eigenvalue weighted by molar-refractivity contribution is 0.157. The maximum absolute atomic E-state index is 6.57. The molecule has 0 aromatic heterocycles. The molecule has 0 spiro atoms. The van der Waals surface area contributed by atoms with E-state index in [0.29, 0.717) is 35.5 Å². The van der Waals surface area contributed by atoms with Crippen molar-refractivity contribution in [2.45, 2.75) is 86.5 Å². The number of rotatable bonds is 4. The van der Waals surface area contributed by atoms with Crippen LogP contribution in [-0.4, -0.2) is 0 Å². The summed E-state index contributed by atoms with van der Waals surface area (Å²) in [6.07, 6.45) is 16.0. The Labute approximate surface area is 271 Å². The highest BCUT2D eigenvalue weighted by atomic mass is 35.5. The van der Waals surface area contributed by atoms with Gasteiger partial charge in [0, 0.05) is 15.5 Å². The molecule has 4 aliphatic carbocycles. The zero-order valence-corrected chi connectivity index (χ0v) is 29.0. The molecule has 4 aliphatic rings. The molecule has 4 atom stereocenters. The fourth-order valence-corrected chi connectivity index (χ4v) is 10.2. The molecule has 2 fully saturated rings. The summed E-state index contributed by atoms with van der Waals surface area (Å²) >= 11 is 13.1. The van der Waals surface area contributed by atoms with E-state index in [4.69, 9.17) is 23.2 Å². The van der Waals surface area contributed by atoms with E-state index < -0.39 is 0 Å². The molecule has 0 saturated heterocycles.